The topological polar surface area (TPSA) is 67.2 Å². The first kappa shape index (κ1) is 13.7. The molecule has 1 unspecified atom stereocenters. The highest BCUT2D eigenvalue weighted by molar-refractivity contribution is 5.81. The van der Waals surface area contributed by atoms with Crippen LogP contribution in [0.4, 0.5) is 0 Å². The molecule has 1 aromatic heterocycles. The van der Waals surface area contributed by atoms with Gasteiger partial charge in [-0.3, -0.25) is 10.1 Å². The Kier molecular flexibility index (Phi) is 5.15. The van der Waals surface area contributed by atoms with E-state index in [1.165, 1.54) is 0 Å². The fraction of sp³-hybridized carbons (Fsp3) is 0.667. The first-order valence-electron chi connectivity index (χ1n) is 5.98. The standard InChI is InChI=1S/C12H21N3O2/c1-5-6-13-12(16)9(3)14-7-11-15-8(2)10(4)17-11/h9,14H,5-7H2,1-4H3,(H,13,16). The fourth-order valence-electron chi connectivity index (χ4n) is 1.35. The van der Waals surface area contributed by atoms with Crippen molar-refractivity contribution in [1.29, 1.82) is 0 Å². The van der Waals surface area contributed by atoms with Crippen molar-refractivity contribution in [2.24, 2.45) is 0 Å². The number of nitrogens with one attached hydrogen (secondary N) is 2. The highest BCUT2D eigenvalue weighted by Crippen LogP contribution is 2.07. The summed E-state index contributed by atoms with van der Waals surface area (Å²) in [4.78, 5) is 15.8. The van der Waals surface area contributed by atoms with Crippen LogP contribution in [0.1, 0.15) is 37.6 Å². The smallest absolute Gasteiger partial charge is 0.236 e. The van der Waals surface area contributed by atoms with Gasteiger partial charge >= 0.3 is 0 Å². The lowest BCUT2D eigenvalue weighted by Crippen LogP contribution is -2.42. The van der Waals surface area contributed by atoms with Crippen molar-refractivity contribution in [2.45, 2.75) is 46.7 Å². The van der Waals surface area contributed by atoms with E-state index < -0.39 is 0 Å². The van der Waals surface area contributed by atoms with Gasteiger partial charge in [-0.25, -0.2) is 4.98 Å². The molecule has 0 saturated heterocycles. The Bertz CT molecular complexity index is 354. The minimum absolute atomic E-state index is 0.00634. The lowest BCUT2D eigenvalue weighted by Gasteiger charge is -2.12. The van der Waals surface area contributed by atoms with Gasteiger partial charge < -0.3 is 9.73 Å². The number of carbonyl (C=O) groups excluding carboxylic acids is 1. The van der Waals surface area contributed by atoms with E-state index in [2.05, 4.69) is 15.6 Å². The summed E-state index contributed by atoms with van der Waals surface area (Å²) < 4.78 is 5.42. The third-order valence-electron chi connectivity index (χ3n) is 2.57. The number of aromatic nitrogens is 1. The predicted molar refractivity (Wildman–Crippen MR) is 65.6 cm³/mol. The molecule has 5 nitrogen and oxygen atoms in total. The molecule has 0 spiro atoms. The molecular weight excluding hydrogens is 218 g/mol. The number of hydrogen-bond acceptors (Lipinski definition) is 4. The highest BCUT2D eigenvalue weighted by atomic mass is 16.4. The van der Waals surface area contributed by atoms with Crippen LogP contribution in [0, 0.1) is 13.8 Å². The molecule has 5 heteroatoms. The Hall–Kier alpha value is -1.36. The van der Waals surface area contributed by atoms with Crippen molar-refractivity contribution in [2.75, 3.05) is 6.54 Å². The van der Waals surface area contributed by atoms with Crippen LogP contribution in [0.5, 0.6) is 0 Å². The number of hydrogen-bond donors (Lipinski definition) is 2. The quantitative estimate of drug-likeness (QED) is 0.785. The van der Waals surface area contributed by atoms with Crippen LogP contribution in [0.2, 0.25) is 0 Å². The molecular formula is C12H21N3O2. The maximum absolute atomic E-state index is 11.6. The molecule has 1 aromatic rings. The molecule has 0 bridgehead atoms. The van der Waals surface area contributed by atoms with Gasteiger partial charge in [0.05, 0.1) is 18.3 Å². The second-order valence-corrected chi connectivity index (χ2v) is 4.14. The minimum atomic E-state index is -0.242. The van der Waals surface area contributed by atoms with E-state index in [4.69, 9.17) is 4.42 Å². The Labute approximate surface area is 102 Å². The zero-order valence-electron chi connectivity index (χ0n) is 11.0. The van der Waals surface area contributed by atoms with Gasteiger partial charge in [-0.05, 0) is 27.2 Å². The minimum Gasteiger partial charge on any atom is -0.444 e. The zero-order valence-corrected chi connectivity index (χ0v) is 11.0. The third kappa shape index (κ3) is 4.19. The maximum atomic E-state index is 11.6. The predicted octanol–water partition coefficient (Wildman–Crippen LogP) is 1.30. The molecule has 1 atom stereocenters. The average Bonchev–Trinajstić information content (AvgIpc) is 2.62. The van der Waals surface area contributed by atoms with Crippen molar-refractivity contribution >= 4 is 5.91 Å². The SMILES string of the molecule is CCCNC(=O)C(C)NCc1nc(C)c(C)o1. The van der Waals surface area contributed by atoms with Crippen LogP contribution >= 0.6 is 0 Å². The van der Waals surface area contributed by atoms with Crippen molar-refractivity contribution < 1.29 is 9.21 Å². The summed E-state index contributed by atoms with van der Waals surface area (Å²) in [6, 6.07) is -0.242. The van der Waals surface area contributed by atoms with Crippen molar-refractivity contribution in [3.05, 3.63) is 17.3 Å². The molecule has 1 rings (SSSR count). The summed E-state index contributed by atoms with van der Waals surface area (Å²) >= 11 is 0. The second-order valence-electron chi connectivity index (χ2n) is 4.14. The number of carbonyl (C=O) groups is 1. The zero-order chi connectivity index (χ0) is 12.8. The number of rotatable bonds is 6. The second kappa shape index (κ2) is 6.39. The summed E-state index contributed by atoms with van der Waals surface area (Å²) in [5.74, 6) is 1.45. The van der Waals surface area contributed by atoms with Gasteiger partial charge in [0.2, 0.25) is 11.8 Å². The van der Waals surface area contributed by atoms with E-state index in [0.717, 1.165) is 17.9 Å². The Morgan fingerprint density at radius 3 is 2.71 bits per heavy atom. The summed E-state index contributed by atoms with van der Waals surface area (Å²) in [5, 5.41) is 5.91. The molecule has 0 aliphatic heterocycles. The molecule has 0 saturated carbocycles. The van der Waals surface area contributed by atoms with E-state index in [9.17, 15) is 4.79 Å². The van der Waals surface area contributed by atoms with Crippen LogP contribution in [0.15, 0.2) is 4.42 Å². The van der Waals surface area contributed by atoms with E-state index in [0.29, 0.717) is 19.0 Å². The Morgan fingerprint density at radius 1 is 1.47 bits per heavy atom. The van der Waals surface area contributed by atoms with Gasteiger partial charge in [-0.15, -0.1) is 0 Å². The lowest BCUT2D eigenvalue weighted by atomic mass is 10.3. The van der Waals surface area contributed by atoms with Crippen LogP contribution in [-0.4, -0.2) is 23.5 Å². The molecule has 1 amide bonds. The normalized spacial score (nSPS) is 12.5. The average molecular weight is 239 g/mol. The van der Waals surface area contributed by atoms with Gasteiger partial charge in [0, 0.05) is 6.54 Å². The number of aryl methyl sites for hydroxylation is 2. The molecule has 0 aliphatic carbocycles. The van der Waals surface area contributed by atoms with Crippen LogP contribution in [0.3, 0.4) is 0 Å². The monoisotopic (exact) mass is 239 g/mol. The van der Waals surface area contributed by atoms with Crippen molar-refractivity contribution in [3.63, 3.8) is 0 Å². The van der Waals surface area contributed by atoms with Gasteiger partial charge in [0.1, 0.15) is 5.76 Å². The van der Waals surface area contributed by atoms with E-state index in [1.54, 1.807) is 0 Å². The molecule has 0 aliphatic rings. The van der Waals surface area contributed by atoms with E-state index >= 15 is 0 Å². The van der Waals surface area contributed by atoms with Gasteiger partial charge in [0.15, 0.2) is 0 Å². The van der Waals surface area contributed by atoms with Crippen molar-refractivity contribution in [3.8, 4) is 0 Å². The number of oxazole rings is 1. The molecule has 1 heterocycles. The molecule has 0 aromatic carbocycles. The van der Waals surface area contributed by atoms with Crippen LogP contribution < -0.4 is 10.6 Å². The first-order valence-corrected chi connectivity index (χ1v) is 5.98. The molecule has 17 heavy (non-hydrogen) atoms. The number of amides is 1. The maximum Gasteiger partial charge on any atom is 0.236 e. The fourth-order valence-corrected chi connectivity index (χ4v) is 1.35. The van der Waals surface area contributed by atoms with E-state index in [-0.39, 0.29) is 11.9 Å². The Morgan fingerprint density at radius 2 is 2.18 bits per heavy atom. The largest absolute Gasteiger partial charge is 0.444 e. The van der Waals surface area contributed by atoms with Gasteiger partial charge in [-0.1, -0.05) is 6.92 Å². The summed E-state index contributed by atoms with van der Waals surface area (Å²) in [7, 11) is 0. The summed E-state index contributed by atoms with van der Waals surface area (Å²) in [5.41, 5.74) is 0.893. The summed E-state index contributed by atoms with van der Waals surface area (Å²) in [6.07, 6.45) is 0.941. The summed E-state index contributed by atoms with van der Waals surface area (Å²) in [6.45, 7) is 8.81. The van der Waals surface area contributed by atoms with Crippen molar-refractivity contribution in [1.82, 2.24) is 15.6 Å². The highest BCUT2D eigenvalue weighted by Gasteiger charge is 2.13. The molecule has 96 valence electrons. The number of nitrogens with zero attached hydrogens (tertiary/aromatic N) is 1. The third-order valence-corrected chi connectivity index (χ3v) is 2.57. The van der Waals surface area contributed by atoms with E-state index in [1.807, 2.05) is 27.7 Å². The molecule has 2 N–H and O–H groups in total. The Balaban J connectivity index is 2.37. The molecule has 0 radical (unpaired) electrons. The van der Waals surface area contributed by atoms with Gasteiger partial charge in [-0.2, -0.15) is 0 Å². The van der Waals surface area contributed by atoms with Crippen LogP contribution in [-0.2, 0) is 11.3 Å². The van der Waals surface area contributed by atoms with Crippen LogP contribution in [0.25, 0.3) is 0 Å². The van der Waals surface area contributed by atoms with Gasteiger partial charge in [0.25, 0.3) is 0 Å². The lowest BCUT2D eigenvalue weighted by molar-refractivity contribution is -0.122. The first-order chi connectivity index (χ1) is 8.04. The molecule has 0 fully saturated rings.